The highest BCUT2D eigenvalue weighted by Crippen LogP contribution is 2.08. The molecule has 0 aliphatic rings. The summed E-state index contributed by atoms with van der Waals surface area (Å²) >= 11 is 0. The first-order chi connectivity index (χ1) is 26.6. The molecule has 2 aromatic carbocycles. The van der Waals surface area contributed by atoms with Crippen LogP contribution in [0.4, 0.5) is 0 Å². The number of carbonyl (C=O) groups excluding carboxylic acids is 5. The van der Waals surface area contributed by atoms with Crippen LogP contribution in [-0.2, 0) is 54.1 Å². The van der Waals surface area contributed by atoms with E-state index >= 15 is 0 Å². The van der Waals surface area contributed by atoms with Gasteiger partial charge in [-0.25, -0.2) is 4.79 Å². The van der Waals surface area contributed by atoms with E-state index in [1.807, 2.05) is 0 Å². The van der Waals surface area contributed by atoms with E-state index in [2.05, 4.69) is 21.3 Å². The summed E-state index contributed by atoms with van der Waals surface area (Å²) < 4.78 is 26.7. The van der Waals surface area contributed by atoms with Crippen molar-refractivity contribution in [1.82, 2.24) is 21.3 Å². The van der Waals surface area contributed by atoms with Crippen LogP contribution in [0, 0.1) is 5.41 Å². The van der Waals surface area contributed by atoms with Crippen LogP contribution in [0.5, 0.6) is 0 Å². The zero-order chi connectivity index (χ0) is 41.3. The third kappa shape index (κ3) is 20.9. The van der Waals surface area contributed by atoms with Crippen LogP contribution >= 0.6 is 0 Å². The van der Waals surface area contributed by atoms with Gasteiger partial charge in [0.15, 0.2) is 0 Å². The lowest BCUT2D eigenvalue weighted by atomic mass is 10.0. The summed E-state index contributed by atoms with van der Waals surface area (Å²) in [4.78, 5) is 74.8. The first kappa shape index (κ1) is 46.7. The molecule has 18 heteroatoms. The second kappa shape index (κ2) is 25.6. The maximum absolute atomic E-state index is 13.3. The highest BCUT2D eigenvalue weighted by Gasteiger charge is 2.28. The lowest BCUT2D eigenvalue weighted by Crippen LogP contribution is -2.55. The van der Waals surface area contributed by atoms with Gasteiger partial charge in [-0.2, -0.15) is 0 Å². The topological polar surface area (TPSA) is 267 Å². The van der Waals surface area contributed by atoms with Crippen molar-refractivity contribution in [1.29, 1.82) is 5.41 Å². The van der Waals surface area contributed by atoms with Crippen LogP contribution in [0.15, 0.2) is 54.6 Å². The number of aliphatic carboxylic acids is 1. The summed E-state index contributed by atoms with van der Waals surface area (Å²) in [6.45, 7) is 6.97. The van der Waals surface area contributed by atoms with Gasteiger partial charge in [0.2, 0.25) is 17.7 Å². The predicted octanol–water partition coefficient (Wildman–Crippen LogP) is 0.302. The van der Waals surface area contributed by atoms with Crippen molar-refractivity contribution in [3.8, 4) is 0 Å². The van der Waals surface area contributed by atoms with Crippen molar-refractivity contribution in [2.75, 3.05) is 65.9 Å². The molecule has 0 fully saturated rings. The Balaban J connectivity index is 1.75. The van der Waals surface area contributed by atoms with E-state index in [1.165, 1.54) is 24.3 Å². The molecular weight excluding hydrogens is 732 g/mol. The minimum atomic E-state index is -1.51. The third-order valence-electron chi connectivity index (χ3n) is 7.34. The molecule has 0 spiro atoms. The number of nitrogen functional groups attached to an aromatic ring is 1. The maximum Gasteiger partial charge on any atom is 0.332 e. The number of ether oxygens (including phenoxy) is 5. The summed E-state index contributed by atoms with van der Waals surface area (Å²) in [5.74, 6) is -4.56. The van der Waals surface area contributed by atoms with Gasteiger partial charge in [0, 0.05) is 37.1 Å². The number of benzene rings is 2. The van der Waals surface area contributed by atoms with E-state index in [9.17, 15) is 33.9 Å². The molecule has 0 bridgehead atoms. The molecular formula is C38H54N6O12. The molecule has 0 saturated heterocycles. The van der Waals surface area contributed by atoms with Gasteiger partial charge in [0.05, 0.1) is 52.7 Å². The molecule has 18 nitrogen and oxygen atoms in total. The number of amidine groups is 1. The van der Waals surface area contributed by atoms with Gasteiger partial charge in [0.25, 0.3) is 5.91 Å². The van der Waals surface area contributed by atoms with Crippen LogP contribution in [0.2, 0.25) is 0 Å². The number of esters is 1. The van der Waals surface area contributed by atoms with Gasteiger partial charge in [-0.15, -0.1) is 0 Å². The Bertz CT molecular complexity index is 1570. The van der Waals surface area contributed by atoms with E-state index < -0.39 is 59.7 Å². The summed E-state index contributed by atoms with van der Waals surface area (Å²) in [6, 6.07) is 12.2. The largest absolute Gasteiger partial charge is 0.481 e. The van der Waals surface area contributed by atoms with Crippen LogP contribution in [0.1, 0.15) is 55.1 Å². The zero-order valence-corrected chi connectivity index (χ0v) is 32.1. The average molecular weight is 787 g/mol. The van der Waals surface area contributed by atoms with Crippen LogP contribution in [0.3, 0.4) is 0 Å². The second-order valence-electron chi connectivity index (χ2n) is 13.2. The number of carboxylic acid groups (broad SMARTS) is 1. The molecule has 0 aromatic heterocycles. The molecule has 2 rings (SSSR count). The fourth-order valence-electron chi connectivity index (χ4n) is 4.73. The van der Waals surface area contributed by atoms with Gasteiger partial charge < -0.3 is 55.8 Å². The SMILES string of the molecule is CC(C)(C)OC(=O)COCCOCCOCCOCCNC(=O)[C@H](Cc1ccccc1)NC(=O)[C@H](CC(=O)O)NC(=O)CCNC(=O)c1ccc(C(=N)N)cc1. The number of amides is 4. The smallest absolute Gasteiger partial charge is 0.332 e. The van der Waals surface area contributed by atoms with Gasteiger partial charge in [0.1, 0.15) is 30.1 Å². The molecule has 0 aliphatic carbocycles. The molecule has 56 heavy (non-hydrogen) atoms. The van der Waals surface area contributed by atoms with E-state index in [1.54, 1.807) is 51.1 Å². The van der Waals surface area contributed by atoms with Gasteiger partial charge in [-0.1, -0.05) is 42.5 Å². The maximum atomic E-state index is 13.3. The monoisotopic (exact) mass is 786 g/mol. The van der Waals surface area contributed by atoms with Crippen molar-refractivity contribution >= 4 is 41.4 Å². The minimum Gasteiger partial charge on any atom is -0.481 e. The number of hydrogen-bond acceptors (Lipinski definition) is 12. The van der Waals surface area contributed by atoms with Crippen LogP contribution in [0.25, 0.3) is 0 Å². The number of rotatable bonds is 27. The van der Waals surface area contributed by atoms with E-state index in [-0.39, 0.29) is 77.0 Å². The molecule has 2 atom stereocenters. The number of carbonyl (C=O) groups is 6. The summed E-state index contributed by atoms with van der Waals surface area (Å²) in [5.41, 5.74) is 6.30. The molecule has 0 aliphatic heterocycles. The Morgan fingerprint density at radius 3 is 1.86 bits per heavy atom. The Kier molecular flexibility index (Phi) is 21.4. The quantitative estimate of drug-likeness (QED) is 0.0279. The lowest BCUT2D eigenvalue weighted by Gasteiger charge is -2.23. The van der Waals surface area contributed by atoms with Crippen LogP contribution in [-0.4, -0.2) is 130 Å². The van der Waals surface area contributed by atoms with Crippen molar-refractivity contribution in [3.63, 3.8) is 0 Å². The highest BCUT2D eigenvalue weighted by molar-refractivity contribution is 5.98. The van der Waals surface area contributed by atoms with E-state index in [4.69, 9.17) is 34.8 Å². The summed E-state index contributed by atoms with van der Waals surface area (Å²) in [5, 5.41) is 27.1. The molecule has 0 saturated carbocycles. The number of nitrogens with two attached hydrogens (primary N) is 1. The number of nitrogens with one attached hydrogen (secondary N) is 5. The van der Waals surface area contributed by atoms with Crippen molar-refractivity contribution in [3.05, 3.63) is 71.3 Å². The number of carboxylic acids is 1. The fourth-order valence-corrected chi connectivity index (χ4v) is 4.73. The normalized spacial score (nSPS) is 12.1. The molecule has 4 amide bonds. The van der Waals surface area contributed by atoms with Crippen molar-refractivity contribution in [2.24, 2.45) is 5.73 Å². The highest BCUT2D eigenvalue weighted by atomic mass is 16.6. The molecule has 0 heterocycles. The molecule has 0 unspecified atom stereocenters. The average Bonchev–Trinajstić information content (AvgIpc) is 3.13. The summed E-state index contributed by atoms with van der Waals surface area (Å²) in [7, 11) is 0. The first-order valence-electron chi connectivity index (χ1n) is 18.0. The van der Waals surface area contributed by atoms with Gasteiger partial charge in [-0.05, 0) is 38.5 Å². The standard InChI is InChI=1S/C38H54N6O12/c1-38(2,3)56-33(48)25-55-22-21-54-20-19-53-18-17-52-16-15-42-36(50)29(23-26-7-5-4-6-8-26)44-37(51)30(24-32(46)47)43-31(45)13-14-41-35(49)28-11-9-27(10-12-28)34(39)40/h4-12,29-30H,13-25H2,1-3H3,(H3,39,40)(H,41,49)(H,42,50)(H,43,45)(H,44,51)(H,46,47)/t29-,30-/m0/s1. The van der Waals surface area contributed by atoms with E-state index in [0.29, 0.717) is 18.8 Å². The Hall–Kier alpha value is -5.43. The molecule has 0 radical (unpaired) electrons. The van der Waals surface area contributed by atoms with Gasteiger partial charge >= 0.3 is 11.9 Å². The fraction of sp³-hybridized carbons (Fsp3) is 0.500. The molecule has 2 aromatic rings. The molecule has 8 N–H and O–H groups in total. The zero-order valence-electron chi connectivity index (χ0n) is 32.1. The Morgan fingerprint density at radius 2 is 1.29 bits per heavy atom. The molecule has 308 valence electrons. The predicted molar refractivity (Wildman–Crippen MR) is 203 cm³/mol. The van der Waals surface area contributed by atoms with Crippen molar-refractivity contribution in [2.45, 2.75) is 57.7 Å². The lowest BCUT2D eigenvalue weighted by molar-refractivity contribution is -0.160. The first-order valence-corrected chi connectivity index (χ1v) is 18.0. The van der Waals surface area contributed by atoms with E-state index in [0.717, 1.165) is 5.56 Å². The van der Waals surface area contributed by atoms with Crippen molar-refractivity contribution < 1.29 is 57.6 Å². The minimum absolute atomic E-state index is 0.0816. The Labute approximate surface area is 326 Å². The van der Waals surface area contributed by atoms with Crippen LogP contribution < -0.4 is 27.0 Å². The Morgan fingerprint density at radius 1 is 0.714 bits per heavy atom. The summed E-state index contributed by atoms with van der Waals surface area (Å²) in [6.07, 6.45) is -0.932. The van der Waals surface area contributed by atoms with Gasteiger partial charge in [-0.3, -0.25) is 29.4 Å². The second-order valence-corrected chi connectivity index (χ2v) is 13.2. The third-order valence-corrected chi connectivity index (χ3v) is 7.34. The number of hydrogen-bond donors (Lipinski definition) is 7.